The Hall–Kier alpha value is -2.43. The molecular weight excluding hydrogens is 493 g/mol. The van der Waals surface area contributed by atoms with Crippen molar-refractivity contribution in [2.24, 2.45) is 0 Å². The predicted molar refractivity (Wildman–Crippen MR) is 130 cm³/mol. The van der Waals surface area contributed by atoms with Crippen molar-refractivity contribution in [3.8, 4) is 5.75 Å². The third kappa shape index (κ3) is 5.28. The molecule has 3 atom stereocenters. The number of aliphatic hydroxyl groups is 1. The van der Waals surface area contributed by atoms with E-state index in [0.29, 0.717) is 48.7 Å². The summed E-state index contributed by atoms with van der Waals surface area (Å²) in [7, 11) is 0. The molecule has 2 unspecified atom stereocenters. The van der Waals surface area contributed by atoms with Crippen LogP contribution in [0.5, 0.6) is 5.75 Å². The van der Waals surface area contributed by atoms with Crippen LogP contribution in [0.15, 0.2) is 12.1 Å². The Labute approximate surface area is 212 Å². The third-order valence-electron chi connectivity index (χ3n) is 7.41. The topological polar surface area (TPSA) is 51.7 Å². The molecule has 1 fully saturated rings. The molecule has 0 spiro atoms. The minimum absolute atomic E-state index is 0.0508. The van der Waals surface area contributed by atoms with E-state index in [0.717, 1.165) is 17.7 Å². The molecule has 0 bridgehead atoms. The predicted octanol–water partition coefficient (Wildman–Crippen LogP) is 2.69. The number of fused-ring (bicyclic) bond motifs is 3. The van der Waals surface area contributed by atoms with Crippen LogP contribution in [0.1, 0.15) is 42.6 Å². The largest absolute Gasteiger partial charge is 0.488 e. The lowest BCUT2D eigenvalue weighted by Gasteiger charge is -2.40. The summed E-state index contributed by atoms with van der Waals surface area (Å²) >= 11 is 0. The summed E-state index contributed by atoms with van der Waals surface area (Å²) < 4.78 is 78.4. The Kier molecular flexibility index (Phi) is 7.35. The van der Waals surface area contributed by atoms with Gasteiger partial charge in [-0.2, -0.15) is 0 Å². The Morgan fingerprint density at radius 3 is 2.62 bits per heavy atom. The first-order chi connectivity index (χ1) is 17.7. The maximum Gasteiger partial charge on any atom is 0.143 e. The second kappa shape index (κ2) is 10.4. The summed E-state index contributed by atoms with van der Waals surface area (Å²) in [5, 5.41) is 10.9. The van der Waals surface area contributed by atoms with E-state index in [1.54, 1.807) is 11.0 Å². The normalized spacial score (nSPS) is 23.9. The number of nitrogens with zero attached hydrogens (tertiary/aromatic N) is 2. The van der Waals surface area contributed by atoms with Gasteiger partial charge in [0.2, 0.25) is 0 Å². The van der Waals surface area contributed by atoms with Crippen LogP contribution in [0, 0.1) is 11.6 Å². The Balaban J connectivity index is 1.48. The number of likely N-dealkylation sites (tertiary alicyclic amines) is 1. The molecule has 5 nitrogen and oxygen atoms in total. The van der Waals surface area contributed by atoms with Gasteiger partial charge in [0, 0.05) is 73.1 Å². The van der Waals surface area contributed by atoms with Crippen LogP contribution >= 0.6 is 0 Å². The molecule has 202 valence electrons. The second-order valence-electron chi connectivity index (χ2n) is 10.5. The lowest BCUT2D eigenvalue weighted by Crippen LogP contribution is -2.53. The zero-order valence-corrected chi connectivity index (χ0v) is 20.8. The smallest absolute Gasteiger partial charge is 0.143 e. The number of halogens is 5. The zero-order valence-electron chi connectivity index (χ0n) is 20.8. The monoisotopic (exact) mass is 525 g/mol. The van der Waals surface area contributed by atoms with E-state index in [1.165, 1.54) is 13.0 Å². The summed E-state index contributed by atoms with van der Waals surface area (Å²) in [6.07, 6.45) is 2.94. The van der Waals surface area contributed by atoms with Gasteiger partial charge in [-0.15, -0.1) is 0 Å². The number of ether oxygens (including phenoxy) is 1. The third-order valence-corrected chi connectivity index (χ3v) is 7.41. The van der Waals surface area contributed by atoms with Crippen molar-refractivity contribution in [1.29, 1.82) is 0 Å². The number of aromatic amines is 1. The van der Waals surface area contributed by atoms with E-state index in [-0.39, 0.29) is 36.9 Å². The number of benzene rings is 1. The first kappa shape index (κ1) is 26.2. The van der Waals surface area contributed by atoms with E-state index < -0.39 is 42.8 Å². The summed E-state index contributed by atoms with van der Waals surface area (Å²) in [5.74, 6) is -1.62. The number of rotatable bonds is 9. The maximum atomic E-state index is 15.6. The number of aromatic nitrogens is 1. The minimum atomic E-state index is -1.99. The van der Waals surface area contributed by atoms with Gasteiger partial charge >= 0.3 is 0 Å². The van der Waals surface area contributed by atoms with E-state index in [4.69, 9.17) is 4.74 Å². The van der Waals surface area contributed by atoms with Crippen LogP contribution in [0.3, 0.4) is 0 Å². The molecule has 1 aromatic heterocycles. The van der Waals surface area contributed by atoms with Gasteiger partial charge in [-0.3, -0.25) is 14.2 Å². The van der Waals surface area contributed by atoms with Crippen LogP contribution in [0.4, 0.5) is 22.0 Å². The van der Waals surface area contributed by atoms with Crippen molar-refractivity contribution in [2.75, 3.05) is 46.0 Å². The number of H-pyrrole nitrogens is 1. The van der Waals surface area contributed by atoms with Crippen molar-refractivity contribution >= 4 is 12.2 Å². The van der Waals surface area contributed by atoms with Gasteiger partial charge in [0.05, 0.1) is 19.3 Å². The summed E-state index contributed by atoms with van der Waals surface area (Å²) in [5.41, 5.74) is -0.976. The highest BCUT2D eigenvalue weighted by atomic mass is 19.2. The summed E-state index contributed by atoms with van der Waals surface area (Å²) in [4.78, 5) is 6.84. The fraction of sp³-hybridized carbons (Fsp3) is 0.556. The molecule has 1 aliphatic carbocycles. The maximum absolute atomic E-state index is 15.6. The molecule has 1 saturated heterocycles. The lowest BCUT2D eigenvalue weighted by molar-refractivity contribution is 0.0179. The summed E-state index contributed by atoms with van der Waals surface area (Å²) in [6.45, 7) is 1.86. The Morgan fingerprint density at radius 1 is 1.22 bits per heavy atom. The van der Waals surface area contributed by atoms with Crippen molar-refractivity contribution in [3.63, 3.8) is 0 Å². The van der Waals surface area contributed by atoms with E-state index in [2.05, 4.69) is 4.98 Å². The fourth-order valence-electron chi connectivity index (χ4n) is 5.61. The van der Waals surface area contributed by atoms with Crippen LogP contribution in [-0.4, -0.2) is 83.8 Å². The first-order valence-electron chi connectivity index (χ1n) is 12.7. The molecule has 3 heterocycles. The number of hydrogen-bond donors (Lipinski definition) is 2. The second-order valence-corrected chi connectivity index (χ2v) is 10.5. The summed E-state index contributed by atoms with van der Waals surface area (Å²) in [6, 6.07) is 1.27. The van der Waals surface area contributed by atoms with E-state index in [1.807, 2.05) is 4.90 Å². The minimum Gasteiger partial charge on any atom is -0.488 e. The molecule has 3 aliphatic rings. The lowest BCUT2D eigenvalue weighted by atomic mass is 9.90. The van der Waals surface area contributed by atoms with Gasteiger partial charge in [-0.1, -0.05) is 6.08 Å². The van der Waals surface area contributed by atoms with Crippen molar-refractivity contribution in [2.45, 2.75) is 50.2 Å². The number of nitrogens with one attached hydrogen (secondary N) is 1. The van der Waals surface area contributed by atoms with Crippen LogP contribution < -0.4 is 15.3 Å². The standard InChI is InChI=1S/C27H32F5N3O2/c1-27(32,15-36)14-35-8-5-19-20-9-16(29)3-4-23(20)33-25(19)26(35)24-21(30)10-17(11-22(24)31)37-18-12-34(13-18)7-2-6-28/h4,9-11,16,18,26,33,36H,2-3,5-8,12-15H2,1H3/t16?,26?,27-/m1/s1. The average Bonchev–Trinajstić information content (AvgIpc) is 3.18. The molecule has 1 aromatic carbocycles. The number of hydrogen-bond acceptors (Lipinski definition) is 4. The highest BCUT2D eigenvalue weighted by Crippen LogP contribution is 2.38. The van der Waals surface area contributed by atoms with Crippen LogP contribution in [-0.2, 0) is 6.42 Å². The average molecular weight is 526 g/mol. The molecular formula is C27H32F5N3O2. The molecule has 2 aromatic rings. The Bertz CT molecular complexity index is 1230. The molecule has 10 heteroatoms. The van der Waals surface area contributed by atoms with Gasteiger partial charge in [0.15, 0.2) is 0 Å². The quantitative estimate of drug-likeness (QED) is 0.495. The highest BCUT2D eigenvalue weighted by Gasteiger charge is 2.39. The van der Waals surface area contributed by atoms with Gasteiger partial charge in [-0.05, 0) is 31.4 Å². The van der Waals surface area contributed by atoms with Gasteiger partial charge in [-0.25, -0.2) is 17.6 Å². The van der Waals surface area contributed by atoms with E-state index in [9.17, 15) is 18.3 Å². The van der Waals surface area contributed by atoms with Crippen LogP contribution in [0.25, 0.3) is 12.2 Å². The van der Waals surface area contributed by atoms with Crippen LogP contribution in [0.2, 0.25) is 0 Å². The number of aliphatic hydroxyl groups excluding tert-OH is 1. The molecule has 37 heavy (non-hydrogen) atoms. The highest BCUT2D eigenvalue weighted by molar-refractivity contribution is 5.49. The first-order valence-corrected chi connectivity index (χ1v) is 12.7. The zero-order chi connectivity index (χ0) is 26.3. The fourth-order valence-corrected chi connectivity index (χ4v) is 5.61. The molecule has 0 amide bonds. The molecule has 0 saturated carbocycles. The Morgan fingerprint density at radius 2 is 1.95 bits per heavy atom. The van der Waals surface area contributed by atoms with Crippen molar-refractivity contribution in [1.82, 2.24) is 14.8 Å². The molecule has 5 rings (SSSR count). The van der Waals surface area contributed by atoms with Gasteiger partial charge in [0.1, 0.15) is 35.3 Å². The van der Waals surface area contributed by atoms with E-state index >= 15 is 8.78 Å². The SMILES string of the molecule is C[C@](F)(CO)CN1CCc2c([nH]c3c2=CC(F)CC=3)C1c1c(F)cc(OC2CN(CCCF)C2)cc1F. The molecule has 0 radical (unpaired) electrons. The molecule has 2 aliphatic heterocycles. The van der Waals surface area contributed by atoms with Crippen molar-refractivity contribution < 1.29 is 31.8 Å². The van der Waals surface area contributed by atoms with Gasteiger partial charge in [0.25, 0.3) is 0 Å². The van der Waals surface area contributed by atoms with Crippen molar-refractivity contribution in [3.05, 3.63) is 51.2 Å². The van der Waals surface area contributed by atoms with Gasteiger partial charge < -0.3 is 14.8 Å². The molecule has 2 N–H and O–H groups in total. The number of alkyl halides is 3.